The minimum atomic E-state index is 0.328. The number of likely N-dealkylation sites (N-methyl/N-ethyl adjacent to an activating group) is 2. The van der Waals surface area contributed by atoms with Crippen LogP contribution in [0.2, 0.25) is 0 Å². The summed E-state index contributed by atoms with van der Waals surface area (Å²) < 4.78 is 0. The Kier molecular flexibility index (Phi) is 4.01. The number of fused-ring (bicyclic) bond motifs is 1. The maximum Gasteiger partial charge on any atom is 0.146 e. The van der Waals surface area contributed by atoms with E-state index in [0.717, 1.165) is 31.9 Å². The van der Waals surface area contributed by atoms with Crippen molar-refractivity contribution in [3.63, 3.8) is 0 Å². The molecule has 5 heteroatoms. The molecular formula is C15H25N5. The van der Waals surface area contributed by atoms with Gasteiger partial charge in [-0.05, 0) is 40.4 Å². The molecule has 3 rings (SSSR count). The highest BCUT2D eigenvalue weighted by Crippen LogP contribution is 2.29. The molecule has 2 atom stereocenters. The number of rotatable bonds is 2. The minimum Gasteiger partial charge on any atom is -0.313 e. The van der Waals surface area contributed by atoms with Crippen molar-refractivity contribution in [2.24, 2.45) is 0 Å². The van der Waals surface area contributed by atoms with Crippen molar-refractivity contribution >= 4 is 0 Å². The van der Waals surface area contributed by atoms with E-state index in [-0.39, 0.29) is 0 Å². The van der Waals surface area contributed by atoms with Crippen molar-refractivity contribution < 1.29 is 0 Å². The molecule has 0 amide bonds. The molecule has 0 bridgehead atoms. The summed E-state index contributed by atoms with van der Waals surface area (Å²) in [5, 5.41) is 3.38. The van der Waals surface area contributed by atoms with Crippen molar-refractivity contribution in [3.05, 3.63) is 23.3 Å². The molecule has 110 valence electrons. The predicted octanol–water partition coefficient (Wildman–Crippen LogP) is 0.992. The van der Waals surface area contributed by atoms with Gasteiger partial charge in [0.15, 0.2) is 0 Å². The highest BCUT2D eigenvalue weighted by atomic mass is 15.3. The number of nitrogens with one attached hydrogen (secondary N) is 1. The number of hydrogen-bond donors (Lipinski definition) is 1. The van der Waals surface area contributed by atoms with Gasteiger partial charge in [0, 0.05) is 43.1 Å². The second-order valence-corrected chi connectivity index (χ2v) is 6.12. The van der Waals surface area contributed by atoms with Crippen LogP contribution in [0.5, 0.6) is 0 Å². The molecular weight excluding hydrogens is 250 g/mol. The largest absolute Gasteiger partial charge is 0.313 e. The monoisotopic (exact) mass is 275 g/mol. The van der Waals surface area contributed by atoms with Gasteiger partial charge >= 0.3 is 0 Å². The van der Waals surface area contributed by atoms with Crippen molar-refractivity contribution in [3.8, 4) is 0 Å². The zero-order valence-corrected chi connectivity index (χ0v) is 12.8. The van der Waals surface area contributed by atoms with E-state index in [1.165, 1.54) is 24.1 Å². The van der Waals surface area contributed by atoms with E-state index in [1.807, 2.05) is 7.05 Å². The molecule has 1 aliphatic heterocycles. The lowest BCUT2D eigenvalue weighted by Gasteiger charge is -2.37. The van der Waals surface area contributed by atoms with Gasteiger partial charge in [-0.15, -0.1) is 0 Å². The Morgan fingerprint density at radius 3 is 2.95 bits per heavy atom. The van der Waals surface area contributed by atoms with E-state index >= 15 is 0 Å². The van der Waals surface area contributed by atoms with Crippen LogP contribution in [-0.4, -0.2) is 60.5 Å². The van der Waals surface area contributed by atoms with Crippen LogP contribution in [0, 0.1) is 0 Å². The van der Waals surface area contributed by atoms with Crippen LogP contribution in [0.15, 0.2) is 6.20 Å². The molecule has 0 spiro atoms. The molecule has 2 heterocycles. The fourth-order valence-electron chi connectivity index (χ4n) is 3.31. The van der Waals surface area contributed by atoms with E-state index < -0.39 is 0 Å². The maximum absolute atomic E-state index is 4.90. The van der Waals surface area contributed by atoms with Gasteiger partial charge < -0.3 is 10.2 Å². The number of aryl methyl sites for hydroxylation is 1. The van der Waals surface area contributed by atoms with Gasteiger partial charge in [0.1, 0.15) is 5.82 Å². The molecule has 2 aliphatic rings. The summed E-state index contributed by atoms with van der Waals surface area (Å²) in [4.78, 5) is 14.3. The molecule has 1 aromatic heterocycles. The van der Waals surface area contributed by atoms with Gasteiger partial charge in [-0.25, -0.2) is 9.97 Å². The molecule has 0 saturated carbocycles. The third-order valence-electron chi connectivity index (χ3n) is 4.70. The SMILES string of the molecule is CNC1CCCc2nc(C3CN(C)CCN3C)ncc21. The Bertz CT molecular complexity index is 475. The molecule has 0 radical (unpaired) electrons. The Labute approximate surface area is 121 Å². The van der Waals surface area contributed by atoms with E-state index in [4.69, 9.17) is 4.98 Å². The lowest BCUT2D eigenvalue weighted by atomic mass is 9.92. The van der Waals surface area contributed by atoms with Crippen molar-refractivity contribution in [2.75, 3.05) is 40.8 Å². The van der Waals surface area contributed by atoms with Crippen LogP contribution >= 0.6 is 0 Å². The summed E-state index contributed by atoms with van der Waals surface area (Å²) >= 11 is 0. The van der Waals surface area contributed by atoms with Crippen LogP contribution in [0.25, 0.3) is 0 Å². The molecule has 2 unspecified atom stereocenters. The summed E-state index contributed by atoms with van der Waals surface area (Å²) in [6.07, 6.45) is 5.56. The lowest BCUT2D eigenvalue weighted by molar-refractivity contribution is 0.109. The van der Waals surface area contributed by atoms with Gasteiger partial charge in [-0.2, -0.15) is 0 Å². The Morgan fingerprint density at radius 1 is 1.30 bits per heavy atom. The molecule has 20 heavy (non-hydrogen) atoms. The van der Waals surface area contributed by atoms with E-state index in [2.05, 4.69) is 40.4 Å². The van der Waals surface area contributed by atoms with Gasteiger partial charge in [-0.3, -0.25) is 4.90 Å². The topological polar surface area (TPSA) is 44.3 Å². The van der Waals surface area contributed by atoms with Crippen LogP contribution in [0.3, 0.4) is 0 Å². The summed E-state index contributed by atoms with van der Waals surface area (Å²) in [7, 11) is 6.38. The zero-order chi connectivity index (χ0) is 14.1. The minimum absolute atomic E-state index is 0.328. The Morgan fingerprint density at radius 2 is 2.15 bits per heavy atom. The molecule has 0 aromatic carbocycles. The smallest absolute Gasteiger partial charge is 0.146 e. The van der Waals surface area contributed by atoms with E-state index in [9.17, 15) is 0 Å². The standard InChI is InChI=1S/C15H25N5/c1-16-12-5-4-6-13-11(12)9-17-15(18-13)14-10-19(2)7-8-20(14)3/h9,12,14,16H,4-8,10H2,1-3H3. The highest BCUT2D eigenvalue weighted by molar-refractivity contribution is 5.25. The van der Waals surface area contributed by atoms with Gasteiger partial charge in [0.2, 0.25) is 0 Å². The fourth-order valence-corrected chi connectivity index (χ4v) is 3.31. The van der Waals surface area contributed by atoms with Crippen LogP contribution < -0.4 is 5.32 Å². The average molecular weight is 275 g/mol. The first-order chi connectivity index (χ1) is 9.69. The molecule has 1 aliphatic carbocycles. The van der Waals surface area contributed by atoms with Crippen LogP contribution in [0.4, 0.5) is 0 Å². The average Bonchev–Trinajstić information content (AvgIpc) is 2.48. The molecule has 1 fully saturated rings. The van der Waals surface area contributed by atoms with Gasteiger partial charge in [0.05, 0.1) is 6.04 Å². The lowest BCUT2D eigenvalue weighted by Crippen LogP contribution is -2.45. The molecule has 1 N–H and O–H groups in total. The number of piperazine rings is 1. The summed E-state index contributed by atoms with van der Waals surface area (Å²) in [6, 6.07) is 0.758. The molecule has 1 saturated heterocycles. The quantitative estimate of drug-likeness (QED) is 0.872. The van der Waals surface area contributed by atoms with Crippen molar-refractivity contribution in [2.45, 2.75) is 31.3 Å². The second-order valence-electron chi connectivity index (χ2n) is 6.12. The third-order valence-corrected chi connectivity index (χ3v) is 4.70. The van der Waals surface area contributed by atoms with Crippen molar-refractivity contribution in [1.82, 2.24) is 25.1 Å². The zero-order valence-electron chi connectivity index (χ0n) is 12.8. The van der Waals surface area contributed by atoms with Gasteiger partial charge in [-0.1, -0.05) is 0 Å². The maximum atomic E-state index is 4.90. The first kappa shape index (κ1) is 13.9. The fraction of sp³-hybridized carbons (Fsp3) is 0.733. The van der Waals surface area contributed by atoms with Gasteiger partial charge in [0.25, 0.3) is 0 Å². The first-order valence-electron chi connectivity index (χ1n) is 7.61. The number of nitrogens with zero attached hydrogens (tertiary/aromatic N) is 4. The molecule has 5 nitrogen and oxygen atoms in total. The molecule has 1 aromatic rings. The van der Waals surface area contributed by atoms with Crippen LogP contribution in [0.1, 0.15) is 42.0 Å². The Balaban J connectivity index is 1.88. The van der Waals surface area contributed by atoms with Crippen LogP contribution in [-0.2, 0) is 6.42 Å². The second kappa shape index (κ2) is 5.76. The number of hydrogen-bond acceptors (Lipinski definition) is 5. The summed E-state index contributed by atoms with van der Waals surface area (Å²) in [5.41, 5.74) is 2.55. The Hall–Kier alpha value is -1.04. The van der Waals surface area contributed by atoms with E-state index in [0.29, 0.717) is 12.1 Å². The van der Waals surface area contributed by atoms with E-state index in [1.54, 1.807) is 0 Å². The normalized spacial score (nSPS) is 28.4. The first-order valence-corrected chi connectivity index (χ1v) is 7.61. The predicted molar refractivity (Wildman–Crippen MR) is 79.6 cm³/mol. The number of aromatic nitrogens is 2. The summed E-state index contributed by atoms with van der Waals surface area (Å²) in [6.45, 7) is 3.23. The third kappa shape index (κ3) is 2.57. The highest BCUT2D eigenvalue weighted by Gasteiger charge is 2.28. The summed E-state index contributed by atoms with van der Waals surface area (Å²) in [5.74, 6) is 0.995. The van der Waals surface area contributed by atoms with Crippen molar-refractivity contribution in [1.29, 1.82) is 0 Å².